The Labute approximate surface area is 147 Å². The van der Waals surface area contributed by atoms with Gasteiger partial charge in [-0.3, -0.25) is 4.90 Å². The van der Waals surface area contributed by atoms with Crippen molar-refractivity contribution >= 4 is 5.82 Å². The summed E-state index contributed by atoms with van der Waals surface area (Å²) in [6.45, 7) is 2.63. The Morgan fingerprint density at radius 1 is 1.04 bits per heavy atom. The minimum atomic E-state index is 0.284. The summed E-state index contributed by atoms with van der Waals surface area (Å²) in [6, 6.07) is 8.67. The lowest BCUT2D eigenvalue weighted by molar-refractivity contribution is 0.202. The number of anilines is 1. The maximum Gasteiger partial charge on any atom is 0.183 e. The Balaban J connectivity index is 1.47. The lowest BCUT2D eigenvalue weighted by Gasteiger charge is -2.39. The van der Waals surface area contributed by atoms with Crippen molar-refractivity contribution in [2.75, 3.05) is 24.5 Å². The molecule has 0 amide bonds. The van der Waals surface area contributed by atoms with Crippen LogP contribution < -0.4 is 4.90 Å². The van der Waals surface area contributed by atoms with Crippen molar-refractivity contribution in [3.8, 4) is 17.9 Å². The first-order valence-electron chi connectivity index (χ1n) is 8.49. The second-order valence-corrected chi connectivity index (χ2v) is 6.26. The molecule has 4 heterocycles. The second-order valence-electron chi connectivity index (χ2n) is 6.26. The highest BCUT2D eigenvalue weighted by molar-refractivity contribution is 5.50. The van der Waals surface area contributed by atoms with Crippen LogP contribution in [0, 0.1) is 23.2 Å². The zero-order valence-corrected chi connectivity index (χ0v) is 13.8. The summed E-state index contributed by atoms with van der Waals surface area (Å²) in [5.41, 5.74) is 1.23. The van der Waals surface area contributed by atoms with E-state index in [-0.39, 0.29) is 6.04 Å². The van der Waals surface area contributed by atoms with Crippen LogP contribution in [0.4, 0.5) is 5.82 Å². The van der Waals surface area contributed by atoms with Gasteiger partial charge in [-0.05, 0) is 30.9 Å². The first-order chi connectivity index (χ1) is 12.3. The zero-order chi connectivity index (χ0) is 17.1. The molecule has 0 saturated carbocycles. The molecule has 2 aromatic heterocycles. The first-order valence-corrected chi connectivity index (χ1v) is 8.49. The summed E-state index contributed by atoms with van der Waals surface area (Å²) >= 11 is 0. The molecule has 0 aliphatic carbocycles. The fourth-order valence-corrected chi connectivity index (χ4v) is 3.64. The molecular formula is C19H18N6. The van der Waals surface area contributed by atoms with Gasteiger partial charge in [0.25, 0.3) is 0 Å². The van der Waals surface area contributed by atoms with Gasteiger partial charge in [0, 0.05) is 44.3 Å². The normalized spacial score (nSPS) is 22.6. The minimum Gasteiger partial charge on any atom is -0.351 e. The maximum absolute atomic E-state index is 9.24. The van der Waals surface area contributed by atoms with E-state index >= 15 is 0 Å². The number of nitriles is 1. The van der Waals surface area contributed by atoms with E-state index in [0.717, 1.165) is 38.2 Å². The third-order valence-electron chi connectivity index (χ3n) is 4.82. The Kier molecular flexibility index (Phi) is 4.28. The van der Waals surface area contributed by atoms with Crippen molar-refractivity contribution in [3.63, 3.8) is 0 Å². The third kappa shape index (κ3) is 3.17. The fraction of sp³-hybridized carbons (Fsp3) is 0.368. The monoisotopic (exact) mass is 330 g/mol. The summed E-state index contributed by atoms with van der Waals surface area (Å²) in [5.74, 6) is 7.29. The largest absolute Gasteiger partial charge is 0.351 e. The van der Waals surface area contributed by atoms with Crippen molar-refractivity contribution in [2.45, 2.75) is 24.9 Å². The molecular weight excluding hydrogens is 312 g/mol. The van der Waals surface area contributed by atoms with Crippen LogP contribution in [0.5, 0.6) is 0 Å². The molecule has 6 nitrogen and oxygen atoms in total. The molecule has 6 heteroatoms. The van der Waals surface area contributed by atoms with Gasteiger partial charge in [0.1, 0.15) is 11.8 Å². The number of hydrogen-bond acceptors (Lipinski definition) is 6. The number of rotatable bonds is 1. The second kappa shape index (κ2) is 6.88. The maximum atomic E-state index is 9.24. The van der Waals surface area contributed by atoms with Gasteiger partial charge in [0.15, 0.2) is 11.5 Å². The van der Waals surface area contributed by atoms with Gasteiger partial charge in [0.2, 0.25) is 0 Å². The van der Waals surface area contributed by atoms with Gasteiger partial charge in [-0.2, -0.15) is 5.26 Å². The Bertz CT molecular complexity index is 847. The van der Waals surface area contributed by atoms with E-state index in [1.807, 2.05) is 18.2 Å². The van der Waals surface area contributed by atoms with Crippen LogP contribution in [0.25, 0.3) is 0 Å². The van der Waals surface area contributed by atoms with Gasteiger partial charge < -0.3 is 4.90 Å². The van der Waals surface area contributed by atoms with Crippen molar-refractivity contribution in [2.24, 2.45) is 0 Å². The van der Waals surface area contributed by atoms with Crippen LogP contribution in [0.3, 0.4) is 0 Å². The highest BCUT2D eigenvalue weighted by atomic mass is 15.3. The third-order valence-corrected chi connectivity index (χ3v) is 4.82. The number of nitrogens with zero attached hydrogens (tertiary/aromatic N) is 6. The van der Waals surface area contributed by atoms with E-state index in [1.165, 1.54) is 0 Å². The van der Waals surface area contributed by atoms with Crippen LogP contribution in [0.1, 0.15) is 24.2 Å². The van der Waals surface area contributed by atoms with E-state index in [4.69, 9.17) is 0 Å². The molecule has 2 saturated heterocycles. The minimum absolute atomic E-state index is 0.284. The van der Waals surface area contributed by atoms with Crippen molar-refractivity contribution in [1.82, 2.24) is 19.9 Å². The van der Waals surface area contributed by atoms with Crippen molar-refractivity contribution in [3.05, 3.63) is 48.2 Å². The molecule has 0 bridgehead atoms. The van der Waals surface area contributed by atoms with E-state index in [0.29, 0.717) is 17.6 Å². The number of pyridine rings is 1. The van der Waals surface area contributed by atoms with Gasteiger partial charge >= 0.3 is 0 Å². The summed E-state index contributed by atoms with van der Waals surface area (Å²) in [6.07, 6.45) is 7.17. The Morgan fingerprint density at radius 3 is 2.80 bits per heavy atom. The molecule has 0 radical (unpaired) electrons. The molecule has 0 unspecified atom stereocenters. The highest BCUT2D eigenvalue weighted by Crippen LogP contribution is 2.29. The van der Waals surface area contributed by atoms with Gasteiger partial charge in [-0.15, -0.1) is 0 Å². The molecule has 2 fully saturated rings. The number of aromatic nitrogens is 3. The number of piperazine rings is 1. The van der Waals surface area contributed by atoms with Crippen molar-refractivity contribution < 1.29 is 0 Å². The first kappa shape index (κ1) is 15.6. The average molecular weight is 330 g/mol. The molecule has 0 spiro atoms. The Hall–Kier alpha value is -2.96. The van der Waals surface area contributed by atoms with E-state index in [9.17, 15) is 5.26 Å². The molecule has 0 N–H and O–H groups in total. The summed E-state index contributed by atoms with van der Waals surface area (Å²) in [7, 11) is 0. The Morgan fingerprint density at radius 2 is 1.96 bits per heavy atom. The topological polar surface area (TPSA) is 68.9 Å². The van der Waals surface area contributed by atoms with Crippen LogP contribution in [0.15, 0.2) is 36.8 Å². The van der Waals surface area contributed by atoms with E-state index < -0.39 is 0 Å². The predicted octanol–water partition coefficient (Wildman–Crippen LogP) is 1.45. The quantitative estimate of drug-likeness (QED) is 0.737. The van der Waals surface area contributed by atoms with Crippen molar-refractivity contribution in [1.29, 1.82) is 5.26 Å². The average Bonchev–Trinajstić information content (AvgIpc) is 3.09. The van der Waals surface area contributed by atoms with E-state index in [1.54, 1.807) is 18.6 Å². The molecule has 2 aliphatic heterocycles. The number of hydrogen-bond donors (Lipinski definition) is 0. The summed E-state index contributed by atoms with van der Waals surface area (Å²) in [4.78, 5) is 17.4. The highest BCUT2D eigenvalue weighted by Gasteiger charge is 2.37. The molecule has 4 rings (SSSR count). The summed E-state index contributed by atoms with van der Waals surface area (Å²) < 4.78 is 0. The van der Waals surface area contributed by atoms with Crippen LogP contribution in [-0.2, 0) is 0 Å². The molecule has 2 aromatic rings. The lowest BCUT2D eigenvalue weighted by atomic mass is 10.1. The van der Waals surface area contributed by atoms with Crippen LogP contribution in [-0.4, -0.2) is 51.6 Å². The molecule has 0 aromatic carbocycles. The smallest absolute Gasteiger partial charge is 0.183 e. The molecule has 2 aliphatic rings. The summed E-state index contributed by atoms with van der Waals surface area (Å²) in [5, 5.41) is 9.24. The number of fused-ring (bicyclic) bond motifs is 1. The fourth-order valence-electron chi connectivity index (χ4n) is 3.64. The van der Waals surface area contributed by atoms with Gasteiger partial charge in [0.05, 0.1) is 6.04 Å². The van der Waals surface area contributed by atoms with Crippen LogP contribution >= 0.6 is 0 Å². The standard InChI is InChI=1S/C19H18N6/c20-13-18-19(23-10-9-22-18)24-11-12-25-16(6-7-17(25)14-24)5-4-15-3-1-2-8-21-15/h1-3,8-10,16-17H,6-7,11-12,14H2/t16-,17-/m1/s1. The van der Waals surface area contributed by atoms with Crippen LogP contribution in [0.2, 0.25) is 0 Å². The lowest BCUT2D eigenvalue weighted by Crippen LogP contribution is -2.52. The predicted molar refractivity (Wildman–Crippen MR) is 93.6 cm³/mol. The van der Waals surface area contributed by atoms with E-state index in [2.05, 4.69) is 42.7 Å². The molecule has 124 valence electrons. The van der Waals surface area contributed by atoms with Gasteiger partial charge in [-0.25, -0.2) is 15.0 Å². The molecule has 2 atom stereocenters. The zero-order valence-electron chi connectivity index (χ0n) is 13.8. The SMILES string of the molecule is N#Cc1nccnc1N1CCN2[C@H](CC[C@H]2C#Cc2ccccn2)C1. The molecule has 25 heavy (non-hydrogen) atoms. The van der Waals surface area contributed by atoms with Gasteiger partial charge in [-0.1, -0.05) is 12.0 Å².